The number of nitrogens with zero attached hydrogens (tertiary/aromatic N) is 2. The van der Waals surface area contributed by atoms with Gasteiger partial charge in [-0.15, -0.1) is 0 Å². The van der Waals surface area contributed by atoms with Gasteiger partial charge in [0, 0.05) is 28.7 Å². The zero-order chi connectivity index (χ0) is 20.3. The molecule has 9 nitrogen and oxygen atoms in total. The monoisotopic (exact) mass is 384 g/mol. The molecule has 0 aliphatic carbocycles. The minimum atomic E-state index is -0.566. The molecule has 2 amide bonds. The molecule has 1 heterocycles. The fraction of sp³-hybridized carbons (Fsp3) is 0.211. The van der Waals surface area contributed by atoms with Crippen molar-refractivity contribution < 1.29 is 28.8 Å². The maximum atomic E-state index is 12.7. The second kappa shape index (κ2) is 7.97. The third kappa shape index (κ3) is 3.47. The quantitative estimate of drug-likeness (QED) is 0.171. The highest BCUT2D eigenvalue weighted by molar-refractivity contribution is 6.26. The van der Waals surface area contributed by atoms with Gasteiger partial charge in [0.25, 0.3) is 17.5 Å². The van der Waals surface area contributed by atoms with Gasteiger partial charge in [-0.1, -0.05) is 12.6 Å². The summed E-state index contributed by atoms with van der Waals surface area (Å²) in [6.07, 6.45) is 1.04. The first-order chi connectivity index (χ1) is 13.5. The Kier molecular flexibility index (Phi) is 5.46. The molecule has 0 unspecified atom stereocenters. The topological polar surface area (TPSA) is 116 Å². The van der Waals surface area contributed by atoms with Crippen molar-refractivity contribution >= 4 is 34.2 Å². The number of amides is 2. The number of hydrogen-bond donors (Lipinski definition) is 0. The van der Waals surface area contributed by atoms with E-state index in [-0.39, 0.29) is 48.6 Å². The number of nitro groups is 1. The SMILES string of the molecule is C=CC(=O)OCCOCCN1C(=O)c2cccc3c([N+](=O)[O-])ccc(c23)C1=O. The van der Waals surface area contributed by atoms with Crippen molar-refractivity contribution in [3.63, 3.8) is 0 Å². The molecule has 0 spiro atoms. The zero-order valence-electron chi connectivity index (χ0n) is 14.8. The Morgan fingerprint density at radius 3 is 2.50 bits per heavy atom. The molecular formula is C19H16N2O7. The van der Waals surface area contributed by atoms with Crippen molar-refractivity contribution in [1.82, 2.24) is 4.90 Å². The van der Waals surface area contributed by atoms with Gasteiger partial charge in [0.05, 0.1) is 30.1 Å². The molecule has 0 radical (unpaired) electrons. The predicted octanol–water partition coefficient (Wildman–Crippen LogP) is 2.09. The van der Waals surface area contributed by atoms with Gasteiger partial charge in [0.15, 0.2) is 0 Å². The first-order valence-corrected chi connectivity index (χ1v) is 8.39. The molecule has 2 aromatic carbocycles. The highest BCUT2D eigenvalue weighted by Gasteiger charge is 2.34. The van der Waals surface area contributed by atoms with Crippen LogP contribution in [-0.2, 0) is 14.3 Å². The second-order valence-corrected chi connectivity index (χ2v) is 5.86. The number of carbonyl (C=O) groups excluding carboxylic acids is 3. The van der Waals surface area contributed by atoms with E-state index in [0.717, 1.165) is 11.0 Å². The van der Waals surface area contributed by atoms with Crippen LogP contribution in [0.25, 0.3) is 10.8 Å². The summed E-state index contributed by atoms with van der Waals surface area (Å²) in [6.45, 7) is 3.46. The molecule has 0 aromatic heterocycles. The van der Waals surface area contributed by atoms with Gasteiger partial charge in [-0.25, -0.2) is 4.79 Å². The van der Waals surface area contributed by atoms with Crippen LogP contribution < -0.4 is 0 Å². The Balaban J connectivity index is 1.75. The van der Waals surface area contributed by atoms with Crippen molar-refractivity contribution in [3.05, 3.63) is 64.2 Å². The van der Waals surface area contributed by atoms with Crippen molar-refractivity contribution in [2.75, 3.05) is 26.4 Å². The van der Waals surface area contributed by atoms with Crippen LogP contribution in [0, 0.1) is 10.1 Å². The summed E-state index contributed by atoms with van der Waals surface area (Å²) in [5, 5.41) is 11.8. The lowest BCUT2D eigenvalue weighted by molar-refractivity contribution is -0.383. The Morgan fingerprint density at radius 2 is 1.82 bits per heavy atom. The largest absolute Gasteiger partial charge is 0.460 e. The van der Waals surface area contributed by atoms with E-state index in [9.17, 15) is 24.5 Å². The molecule has 0 saturated heterocycles. The van der Waals surface area contributed by atoms with Crippen molar-refractivity contribution in [2.24, 2.45) is 0 Å². The zero-order valence-corrected chi connectivity index (χ0v) is 14.8. The Morgan fingerprint density at radius 1 is 1.11 bits per heavy atom. The highest BCUT2D eigenvalue weighted by atomic mass is 16.6. The first kappa shape index (κ1) is 19.2. The maximum absolute atomic E-state index is 12.7. The summed E-state index contributed by atoms with van der Waals surface area (Å²) in [7, 11) is 0. The van der Waals surface area contributed by atoms with Crippen LogP contribution in [0.1, 0.15) is 20.7 Å². The second-order valence-electron chi connectivity index (χ2n) is 5.86. The Bertz CT molecular complexity index is 977. The lowest BCUT2D eigenvalue weighted by Gasteiger charge is -2.27. The third-order valence-electron chi connectivity index (χ3n) is 4.26. The van der Waals surface area contributed by atoms with E-state index in [1.807, 2.05) is 0 Å². The molecule has 0 bridgehead atoms. The molecule has 1 aliphatic rings. The first-order valence-electron chi connectivity index (χ1n) is 8.39. The summed E-state index contributed by atoms with van der Waals surface area (Å²) < 4.78 is 10.0. The number of ether oxygens (including phenoxy) is 2. The maximum Gasteiger partial charge on any atom is 0.330 e. The fourth-order valence-corrected chi connectivity index (χ4v) is 3.01. The van der Waals surface area contributed by atoms with E-state index in [4.69, 9.17) is 9.47 Å². The predicted molar refractivity (Wildman–Crippen MR) is 97.9 cm³/mol. The fourth-order valence-electron chi connectivity index (χ4n) is 3.01. The molecule has 28 heavy (non-hydrogen) atoms. The van der Waals surface area contributed by atoms with Gasteiger partial charge in [-0.05, 0) is 18.2 Å². The Hall–Kier alpha value is -3.59. The smallest absolute Gasteiger partial charge is 0.330 e. The minimum absolute atomic E-state index is 0.000113. The number of nitro benzene ring substituents is 1. The van der Waals surface area contributed by atoms with E-state index >= 15 is 0 Å². The lowest BCUT2D eigenvalue weighted by Crippen LogP contribution is -2.42. The van der Waals surface area contributed by atoms with E-state index < -0.39 is 22.7 Å². The molecule has 9 heteroatoms. The number of esters is 1. The van der Waals surface area contributed by atoms with Crippen LogP contribution in [-0.4, -0.2) is 54.0 Å². The molecule has 0 saturated carbocycles. The minimum Gasteiger partial charge on any atom is -0.460 e. The summed E-state index contributed by atoms with van der Waals surface area (Å²) in [5.41, 5.74) is 0.304. The van der Waals surface area contributed by atoms with Crippen molar-refractivity contribution in [2.45, 2.75) is 0 Å². The average Bonchev–Trinajstić information content (AvgIpc) is 2.69. The number of imide groups is 1. The molecule has 0 atom stereocenters. The molecule has 2 aromatic rings. The van der Waals surface area contributed by atoms with Crippen LogP contribution in [0.3, 0.4) is 0 Å². The van der Waals surface area contributed by atoms with E-state index in [2.05, 4.69) is 6.58 Å². The van der Waals surface area contributed by atoms with Crippen LogP contribution in [0.5, 0.6) is 0 Å². The van der Waals surface area contributed by atoms with Crippen molar-refractivity contribution in [1.29, 1.82) is 0 Å². The van der Waals surface area contributed by atoms with E-state index in [1.54, 1.807) is 6.07 Å². The van der Waals surface area contributed by atoms with Crippen LogP contribution in [0.15, 0.2) is 43.0 Å². The van der Waals surface area contributed by atoms with E-state index in [1.165, 1.54) is 24.3 Å². The molecule has 0 N–H and O–H groups in total. The number of rotatable bonds is 8. The van der Waals surface area contributed by atoms with Gasteiger partial charge < -0.3 is 9.47 Å². The van der Waals surface area contributed by atoms with Gasteiger partial charge in [-0.3, -0.25) is 24.6 Å². The highest BCUT2D eigenvalue weighted by Crippen LogP contribution is 2.35. The Labute approximate surface area is 159 Å². The summed E-state index contributed by atoms with van der Waals surface area (Å²) in [6, 6.07) is 7.22. The molecule has 3 rings (SSSR count). The molecule has 144 valence electrons. The molecule has 0 fully saturated rings. The third-order valence-corrected chi connectivity index (χ3v) is 4.26. The summed E-state index contributed by atoms with van der Waals surface area (Å²) >= 11 is 0. The number of hydrogen-bond acceptors (Lipinski definition) is 7. The lowest BCUT2D eigenvalue weighted by atomic mass is 9.93. The number of carbonyl (C=O) groups is 3. The van der Waals surface area contributed by atoms with Crippen LogP contribution >= 0.6 is 0 Å². The van der Waals surface area contributed by atoms with Crippen molar-refractivity contribution in [3.8, 4) is 0 Å². The summed E-state index contributed by atoms with van der Waals surface area (Å²) in [4.78, 5) is 48.1. The van der Waals surface area contributed by atoms with Crippen LogP contribution in [0.4, 0.5) is 5.69 Å². The number of non-ortho nitro benzene ring substituents is 1. The number of benzene rings is 2. The van der Waals surface area contributed by atoms with Gasteiger partial charge in [0.1, 0.15) is 6.61 Å². The molecule has 1 aliphatic heterocycles. The van der Waals surface area contributed by atoms with E-state index in [0.29, 0.717) is 5.39 Å². The molecular weight excluding hydrogens is 368 g/mol. The standard InChI is InChI=1S/C19H16N2O7/c1-2-16(22)28-11-10-27-9-8-20-18(23)13-5-3-4-12-15(21(25)26)7-6-14(17(12)13)19(20)24/h2-7H,1,8-11H2. The van der Waals surface area contributed by atoms with Gasteiger partial charge in [-0.2, -0.15) is 0 Å². The van der Waals surface area contributed by atoms with Gasteiger partial charge in [0.2, 0.25) is 0 Å². The van der Waals surface area contributed by atoms with Crippen LogP contribution in [0.2, 0.25) is 0 Å². The average molecular weight is 384 g/mol. The van der Waals surface area contributed by atoms with Gasteiger partial charge >= 0.3 is 5.97 Å². The summed E-state index contributed by atoms with van der Waals surface area (Å²) in [5.74, 6) is -1.64. The normalized spacial score (nSPS) is 12.9.